The first kappa shape index (κ1) is 19.8. The van der Waals surface area contributed by atoms with Gasteiger partial charge in [-0.2, -0.15) is 0 Å². The number of anilines is 1. The molecule has 0 aromatic heterocycles. The van der Waals surface area contributed by atoms with Gasteiger partial charge < -0.3 is 10.2 Å². The van der Waals surface area contributed by atoms with Crippen LogP contribution in [-0.2, 0) is 10.0 Å². The molecule has 0 atom stereocenters. The molecule has 27 heavy (non-hydrogen) atoms. The predicted octanol–water partition coefficient (Wildman–Crippen LogP) is 3.56. The maximum absolute atomic E-state index is 13.2. The van der Waals surface area contributed by atoms with Crippen molar-refractivity contribution >= 4 is 37.7 Å². The highest BCUT2D eigenvalue weighted by Gasteiger charge is 2.26. The topological polar surface area (TPSA) is 78.5 Å². The van der Waals surface area contributed by atoms with E-state index in [9.17, 15) is 17.6 Å². The third-order valence-electron chi connectivity index (χ3n) is 4.30. The summed E-state index contributed by atoms with van der Waals surface area (Å²) < 4.78 is 41.6. The van der Waals surface area contributed by atoms with Crippen molar-refractivity contribution in [2.24, 2.45) is 0 Å². The number of hydrogen-bond acceptors (Lipinski definition) is 3. The molecule has 2 N–H and O–H groups in total. The third-order valence-corrected chi connectivity index (χ3v) is 6.37. The van der Waals surface area contributed by atoms with E-state index in [1.807, 2.05) is 0 Å². The van der Waals surface area contributed by atoms with Crippen molar-refractivity contribution in [3.8, 4) is 0 Å². The Bertz CT molecular complexity index is 914. The molecule has 3 rings (SSSR count). The van der Waals surface area contributed by atoms with Crippen LogP contribution >= 0.6 is 15.9 Å². The Morgan fingerprint density at radius 3 is 2.41 bits per heavy atom. The van der Waals surface area contributed by atoms with Crippen LogP contribution in [0.15, 0.2) is 57.9 Å². The van der Waals surface area contributed by atoms with Gasteiger partial charge in [0.15, 0.2) is 0 Å². The van der Waals surface area contributed by atoms with Crippen LogP contribution in [-0.4, -0.2) is 38.5 Å². The Kier molecular flexibility index (Phi) is 6.13. The molecule has 2 aromatic carbocycles. The fraction of sp³-hybridized carbons (Fsp3) is 0.278. The summed E-state index contributed by atoms with van der Waals surface area (Å²) in [5.41, 5.74) is 0.387. The van der Waals surface area contributed by atoms with Crippen molar-refractivity contribution in [1.29, 1.82) is 0 Å². The van der Waals surface area contributed by atoms with Crippen molar-refractivity contribution in [2.75, 3.05) is 18.4 Å². The molecule has 1 fully saturated rings. The minimum Gasteiger partial charge on any atom is -0.324 e. The molecule has 1 heterocycles. The van der Waals surface area contributed by atoms with Gasteiger partial charge in [0, 0.05) is 29.3 Å². The summed E-state index contributed by atoms with van der Waals surface area (Å²) in [5, 5.41) is 2.65. The minimum atomic E-state index is -3.60. The number of halogens is 2. The highest BCUT2D eigenvalue weighted by molar-refractivity contribution is 9.10. The molecule has 6 nitrogen and oxygen atoms in total. The van der Waals surface area contributed by atoms with Gasteiger partial charge in [0.1, 0.15) is 5.82 Å². The van der Waals surface area contributed by atoms with Gasteiger partial charge in [-0.1, -0.05) is 22.0 Å². The van der Waals surface area contributed by atoms with E-state index in [1.165, 1.54) is 30.3 Å². The van der Waals surface area contributed by atoms with Crippen LogP contribution in [0, 0.1) is 5.82 Å². The van der Waals surface area contributed by atoms with Crippen molar-refractivity contribution in [3.05, 3.63) is 58.8 Å². The van der Waals surface area contributed by atoms with Gasteiger partial charge in [-0.05, 0) is 55.3 Å². The molecule has 0 spiro atoms. The van der Waals surface area contributed by atoms with E-state index >= 15 is 0 Å². The first-order valence-electron chi connectivity index (χ1n) is 8.43. The zero-order chi connectivity index (χ0) is 19.4. The Hall–Kier alpha value is -1.97. The third kappa shape index (κ3) is 5.27. The van der Waals surface area contributed by atoms with E-state index in [4.69, 9.17) is 0 Å². The highest BCUT2D eigenvalue weighted by Crippen LogP contribution is 2.18. The normalized spacial score (nSPS) is 15.6. The molecule has 0 aliphatic carbocycles. The summed E-state index contributed by atoms with van der Waals surface area (Å²) >= 11 is 3.28. The lowest BCUT2D eigenvalue weighted by molar-refractivity contribution is 0.193. The molecule has 1 saturated heterocycles. The number of nitrogens with zero attached hydrogens (tertiary/aromatic N) is 1. The Labute approximate surface area is 165 Å². The number of carbonyl (C=O) groups excluding carboxylic acids is 1. The van der Waals surface area contributed by atoms with Crippen LogP contribution in [0.1, 0.15) is 12.8 Å². The van der Waals surface area contributed by atoms with E-state index in [-0.39, 0.29) is 17.0 Å². The van der Waals surface area contributed by atoms with Gasteiger partial charge in [0.05, 0.1) is 4.90 Å². The second-order valence-electron chi connectivity index (χ2n) is 6.28. The molecule has 0 saturated carbocycles. The number of likely N-dealkylation sites (tertiary alicyclic amines) is 1. The maximum atomic E-state index is 13.2. The molecule has 144 valence electrons. The van der Waals surface area contributed by atoms with Gasteiger partial charge in [-0.15, -0.1) is 0 Å². The minimum absolute atomic E-state index is 0.206. The van der Waals surface area contributed by atoms with Gasteiger partial charge in [-0.3, -0.25) is 0 Å². The molecule has 0 bridgehead atoms. The Morgan fingerprint density at radius 1 is 1.11 bits per heavy atom. The summed E-state index contributed by atoms with van der Waals surface area (Å²) in [6, 6.07) is 11.5. The number of urea groups is 1. The molecule has 0 unspecified atom stereocenters. The number of nitrogens with one attached hydrogen (secondary N) is 2. The molecular formula is C18H19BrFN3O3S. The Morgan fingerprint density at radius 2 is 1.78 bits per heavy atom. The summed E-state index contributed by atoms with van der Waals surface area (Å²) in [5.74, 6) is -0.422. The summed E-state index contributed by atoms with van der Waals surface area (Å²) in [6.07, 6.45) is 1.01. The molecular weight excluding hydrogens is 437 g/mol. The number of piperidine rings is 1. The average Bonchev–Trinajstić information content (AvgIpc) is 2.62. The predicted molar refractivity (Wildman–Crippen MR) is 104 cm³/mol. The second-order valence-corrected chi connectivity index (χ2v) is 8.91. The molecule has 1 aliphatic rings. The average molecular weight is 456 g/mol. The van der Waals surface area contributed by atoms with Gasteiger partial charge >= 0.3 is 6.03 Å². The monoisotopic (exact) mass is 455 g/mol. The largest absolute Gasteiger partial charge is 0.324 e. The van der Waals surface area contributed by atoms with Crippen LogP contribution in [0.2, 0.25) is 0 Å². The van der Waals surface area contributed by atoms with E-state index in [0.29, 0.717) is 31.6 Å². The van der Waals surface area contributed by atoms with E-state index in [2.05, 4.69) is 26.0 Å². The highest BCUT2D eigenvalue weighted by atomic mass is 79.9. The molecule has 0 radical (unpaired) electrons. The van der Waals surface area contributed by atoms with Gasteiger partial charge in [0.25, 0.3) is 0 Å². The van der Waals surface area contributed by atoms with Crippen LogP contribution in [0.4, 0.5) is 14.9 Å². The number of carbonyl (C=O) groups is 1. The van der Waals surface area contributed by atoms with Crippen LogP contribution < -0.4 is 10.0 Å². The lowest BCUT2D eigenvalue weighted by Gasteiger charge is -2.32. The quantitative estimate of drug-likeness (QED) is 0.739. The standard InChI is InChI=1S/C18H19BrFN3O3S/c19-13-4-6-17(7-5-13)27(25,26)22-15-8-10-23(11-9-15)18(24)21-16-3-1-2-14(20)12-16/h1-7,12,15,22H,8-11H2,(H,21,24). The van der Waals surface area contributed by atoms with E-state index < -0.39 is 15.8 Å². The smallest absolute Gasteiger partial charge is 0.321 e. The fourth-order valence-corrected chi connectivity index (χ4v) is 4.44. The number of hydrogen-bond donors (Lipinski definition) is 2. The summed E-state index contributed by atoms with van der Waals surface area (Å²) in [7, 11) is -3.60. The van der Waals surface area contributed by atoms with Gasteiger partial charge in [0.2, 0.25) is 10.0 Å². The fourth-order valence-electron chi connectivity index (χ4n) is 2.87. The zero-order valence-electron chi connectivity index (χ0n) is 14.4. The van der Waals surface area contributed by atoms with Crippen molar-refractivity contribution in [1.82, 2.24) is 9.62 Å². The SMILES string of the molecule is O=C(Nc1cccc(F)c1)N1CCC(NS(=O)(=O)c2ccc(Br)cc2)CC1. The van der Waals surface area contributed by atoms with Crippen molar-refractivity contribution < 1.29 is 17.6 Å². The summed E-state index contributed by atoms with van der Waals surface area (Å²) in [4.78, 5) is 14.1. The lowest BCUT2D eigenvalue weighted by Crippen LogP contribution is -2.47. The van der Waals surface area contributed by atoms with Crippen molar-refractivity contribution in [2.45, 2.75) is 23.8 Å². The van der Waals surface area contributed by atoms with Gasteiger partial charge in [-0.25, -0.2) is 22.3 Å². The number of rotatable bonds is 4. The van der Waals surface area contributed by atoms with Crippen LogP contribution in [0.25, 0.3) is 0 Å². The first-order chi connectivity index (χ1) is 12.8. The molecule has 2 aromatic rings. The Balaban J connectivity index is 1.54. The molecule has 2 amide bonds. The number of sulfonamides is 1. The van der Waals surface area contributed by atoms with E-state index in [1.54, 1.807) is 23.1 Å². The van der Waals surface area contributed by atoms with Crippen LogP contribution in [0.5, 0.6) is 0 Å². The molecule has 1 aliphatic heterocycles. The van der Waals surface area contributed by atoms with E-state index in [0.717, 1.165) is 4.47 Å². The summed E-state index contributed by atoms with van der Waals surface area (Å²) in [6.45, 7) is 0.823. The molecule has 9 heteroatoms. The van der Waals surface area contributed by atoms with Crippen molar-refractivity contribution in [3.63, 3.8) is 0 Å². The van der Waals surface area contributed by atoms with Crippen LogP contribution in [0.3, 0.4) is 0 Å². The second kappa shape index (κ2) is 8.37. The number of benzene rings is 2. The maximum Gasteiger partial charge on any atom is 0.321 e. The first-order valence-corrected chi connectivity index (χ1v) is 10.7. The number of amides is 2. The zero-order valence-corrected chi connectivity index (χ0v) is 16.8. The lowest BCUT2D eigenvalue weighted by atomic mass is 10.1.